The largest absolute Gasteiger partial charge is 0.349 e. The van der Waals surface area contributed by atoms with Gasteiger partial charge in [0.2, 0.25) is 0 Å². The summed E-state index contributed by atoms with van der Waals surface area (Å²) in [5.74, 6) is -0.919. The van der Waals surface area contributed by atoms with E-state index in [0.29, 0.717) is 22.0 Å². The van der Waals surface area contributed by atoms with Crippen LogP contribution < -0.4 is 10.6 Å². The smallest absolute Gasteiger partial charge is 0.307 e. The first kappa shape index (κ1) is 23.2. The molecule has 1 aromatic heterocycles. The number of hydrogen-bond donors (Lipinski definition) is 2. The zero-order valence-corrected chi connectivity index (χ0v) is 19.2. The Bertz CT molecular complexity index is 1280. The summed E-state index contributed by atoms with van der Waals surface area (Å²) in [4.78, 5) is 25.6. The van der Waals surface area contributed by atoms with Crippen LogP contribution in [0.3, 0.4) is 0 Å². The molecule has 0 saturated carbocycles. The molecule has 3 rings (SSSR count). The molecule has 3 aromatic rings. The minimum atomic E-state index is -3.79. The van der Waals surface area contributed by atoms with E-state index < -0.39 is 22.0 Å². The molecule has 8 nitrogen and oxygen atoms in total. The van der Waals surface area contributed by atoms with Crippen molar-refractivity contribution in [2.24, 2.45) is 0 Å². The van der Waals surface area contributed by atoms with Crippen LogP contribution >= 0.6 is 0 Å². The molecule has 0 aliphatic heterocycles. The Kier molecular flexibility index (Phi) is 6.81. The Labute approximate surface area is 187 Å². The van der Waals surface area contributed by atoms with E-state index in [1.54, 1.807) is 54.6 Å². The summed E-state index contributed by atoms with van der Waals surface area (Å²) in [7, 11) is -0.900. The third-order valence-electron chi connectivity index (χ3n) is 4.67. The molecule has 2 N–H and O–H groups in total. The van der Waals surface area contributed by atoms with Gasteiger partial charge in [0.05, 0.1) is 5.52 Å². The lowest BCUT2D eigenvalue weighted by Gasteiger charge is -2.13. The fourth-order valence-electron chi connectivity index (χ4n) is 3.10. The fourth-order valence-corrected chi connectivity index (χ4v) is 4.10. The molecule has 1 heterocycles. The Hall–Kier alpha value is -3.43. The maximum Gasteiger partial charge on any atom is 0.307 e. The number of aromatic nitrogens is 1. The molecule has 0 aliphatic carbocycles. The van der Waals surface area contributed by atoms with Gasteiger partial charge in [0.1, 0.15) is 5.70 Å². The highest BCUT2D eigenvalue weighted by atomic mass is 32.2. The van der Waals surface area contributed by atoms with Crippen molar-refractivity contribution in [1.82, 2.24) is 18.9 Å². The molecule has 0 fully saturated rings. The summed E-state index contributed by atoms with van der Waals surface area (Å²) in [6.45, 7) is 3.62. The fraction of sp³-hybridized carbons (Fsp3) is 0.217. The molecule has 32 heavy (non-hydrogen) atoms. The summed E-state index contributed by atoms with van der Waals surface area (Å²) >= 11 is 0. The SMILES string of the molecule is CC(C)NC(=O)/C(=C/c1cn(S(=O)(=O)N(C)C)c2ccccc12)NC(=O)c1ccccc1. The monoisotopic (exact) mass is 454 g/mol. The number of nitrogens with zero attached hydrogens (tertiary/aromatic N) is 2. The van der Waals surface area contributed by atoms with Gasteiger partial charge in [0.15, 0.2) is 0 Å². The summed E-state index contributed by atoms with van der Waals surface area (Å²) in [5, 5.41) is 6.06. The van der Waals surface area contributed by atoms with Crippen molar-refractivity contribution in [3.05, 3.63) is 77.6 Å². The van der Waals surface area contributed by atoms with E-state index in [1.165, 1.54) is 26.4 Å². The Balaban J connectivity index is 2.13. The van der Waals surface area contributed by atoms with E-state index in [1.807, 2.05) is 13.8 Å². The van der Waals surface area contributed by atoms with E-state index >= 15 is 0 Å². The van der Waals surface area contributed by atoms with Gasteiger partial charge in [-0.05, 0) is 38.1 Å². The van der Waals surface area contributed by atoms with Gasteiger partial charge < -0.3 is 10.6 Å². The minimum Gasteiger partial charge on any atom is -0.349 e. The highest BCUT2D eigenvalue weighted by Crippen LogP contribution is 2.25. The van der Waals surface area contributed by atoms with Crippen molar-refractivity contribution in [2.75, 3.05) is 14.1 Å². The van der Waals surface area contributed by atoms with Crippen molar-refractivity contribution in [2.45, 2.75) is 19.9 Å². The third-order valence-corrected chi connectivity index (χ3v) is 6.39. The molecule has 0 saturated heterocycles. The molecule has 0 radical (unpaired) electrons. The number of amides is 2. The number of carbonyl (C=O) groups excluding carboxylic acids is 2. The number of rotatable bonds is 7. The third kappa shape index (κ3) is 4.90. The first-order valence-corrected chi connectivity index (χ1v) is 11.4. The minimum absolute atomic E-state index is 0.0118. The number of fused-ring (bicyclic) bond motifs is 1. The number of para-hydroxylation sites is 1. The van der Waals surface area contributed by atoms with Crippen molar-refractivity contribution < 1.29 is 18.0 Å². The Morgan fingerprint density at radius 1 is 1.00 bits per heavy atom. The molecule has 2 amide bonds. The Morgan fingerprint density at radius 3 is 2.25 bits per heavy atom. The average Bonchev–Trinajstić information content (AvgIpc) is 3.12. The molecule has 168 valence electrons. The van der Waals surface area contributed by atoms with Crippen LogP contribution in [0.4, 0.5) is 0 Å². The molecular formula is C23H26N4O4S. The quantitative estimate of drug-likeness (QED) is 0.536. The molecule has 0 spiro atoms. The molecule has 0 bridgehead atoms. The van der Waals surface area contributed by atoms with Gasteiger partial charge >= 0.3 is 10.2 Å². The van der Waals surface area contributed by atoms with Crippen LogP contribution in [0.25, 0.3) is 17.0 Å². The molecular weight excluding hydrogens is 428 g/mol. The second-order valence-corrected chi connectivity index (χ2v) is 9.71. The molecule has 0 aliphatic rings. The Morgan fingerprint density at radius 2 is 1.62 bits per heavy atom. The van der Waals surface area contributed by atoms with E-state index in [2.05, 4.69) is 10.6 Å². The zero-order chi connectivity index (χ0) is 23.5. The number of benzene rings is 2. The second-order valence-electron chi connectivity index (χ2n) is 7.69. The normalized spacial score (nSPS) is 12.4. The van der Waals surface area contributed by atoms with Crippen LogP contribution in [0.5, 0.6) is 0 Å². The maximum absolute atomic E-state index is 12.8. The van der Waals surface area contributed by atoms with E-state index in [9.17, 15) is 18.0 Å². The summed E-state index contributed by atoms with van der Waals surface area (Å²) < 4.78 is 27.9. The molecule has 2 aromatic carbocycles. The second kappa shape index (κ2) is 9.37. The van der Waals surface area contributed by atoms with Crippen LogP contribution in [-0.2, 0) is 15.0 Å². The van der Waals surface area contributed by atoms with Crippen molar-refractivity contribution >= 4 is 39.0 Å². The predicted octanol–water partition coefficient (Wildman–Crippen LogP) is 2.59. The average molecular weight is 455 g/mol. The lowest BCUT2D eigenvalue weighted by molar-refractivity contribution is -0.118. The van der Waals surface area contributed by atoms with Crippen molar-refractivity contribution in [3.63, 3.8) is 0 Å². The molecule has 0 unspecified atom stereocenters. The van der Waals surface area contributed by atoms with Gasteiger partial charge in [-0.2, -0.15) is 12.7 Å². The predicted molar refractivity (Wildman–Crippen MR) is 125 cm³/mol. The standard InChI is InChI=1S/C23H26N4O4S/c1-16(2)24-23(29)20(25-22(28)17-10-6-5-7-11-17)14-18-15-27(32(30,31)26(3)4)21-13-9-8-12-19(18)21/h5-16H,1-4H3,(H,24,29)(H,25,28)/b20-14-. The number of hydrogen-bond acceptors (Lipinski definition) is 4. The molecule has 0 atom stereocenters. The van der Waals surface area contributed by atoms with Gasteiger partial charge in [0, 0.05) is 42.8 Å². The number of nitrogens with one attached hydrogen (secondary N) is 2. The summed E-state index contributed by atoms with van der Waals surface area (Å²) in [6, 6.07) is 15.3. The van der Waals surface area contributed by atoms with Gasteiger partial charge in [-0.25, -0.2) is 3.97 Å². The van der Waals surface area contributed by atoms with Crippen LogP contribution in [0.2, 0.25) is 0 Å². The first-order chi connectivity index (χ1) is 15.1. The van der Waals surface area contributed by atoms with Gasteiger partial charge in [-0.15, -0.1) is 0 Å². The topological polar surface area (TPSA) is 101 Å². The van der Waals surface area contributed by atoms with Gasteiger partial charge in [-0.3, -0.25) is 9.59 Å². The highest BCUT2D eigenvalue weighted by Gasteiger charge is 2.22. The van der Waals surface area contributed by atoms with E-state index in [-0.39, 0.29) is 11.7 Å². The van der Waals surface area contributed by atoms with Crippen LogP contribution in [0, 0.1) is 0 Å². The van der Waals surface area contributed by atoms with Crippen LogP contribution in [0.15, 0.2) is 66.5 Å². The van der Waals surface area contributed by atoms with Crippen molar-refractivity contribution in [1.29, 1.82) is 0 Å². The zero-order valence-electron chi connectivity index (χ0n) is 18.4. The lowest BCUT2D eigenvalue weighted by Crippen LogP contribution is -2.38. The lowest BCUT2D eigenvalue weighted by atomic mass is 10.1. The summed E-state index contributed by atoms with van der Waals surface area (Å²) in [6.07, 6.45) is 2.93. The van der Waals surface area contributed by atoms with Crippen LogP contribution in [-0.4, -0.2) is 48.6 Å². The van der Waals surface area contributed by atoms with Gasteiger partial charge in [-0.1, -0.05) is 36.4 Å². The van der Waals surface area contributed by atoms with Gasteiger partial charge in [0.25, 0.3) is 11.8 Å². The van der Waals surface area contributed by atoms with E-state index in [0.717, 1.165) is 8.28 Å². The van der Waals surface area contributed by atoms with E-state index in [4.69, 9.17) is 0 Å². The molecule has 9 heteroatoms. The number of carbonyl (C=O) groups is 2. The first-order valence-electron chi connectivity index (χ1n) is 10.0. The maximum atomic E-state index is 12.8. The van der Waals surface area contributed by atoms with Crippen LogP contribution in [0.1, 0.15) is 29.8 Å². The van der Waals surface area contributed by atoms with Crippen molar-refractivity contribution in [3.8, 4) is 0 Å². The highest BCUT2D eigenvalue weighted by molar-refractivity contribution is 7.87. The summed E-state index contributed by atoms with van der Waals surface area (Å²) in [5.41, 5.74) is 1.35.